The molecule has 0 atom stereocenters. The SMILES string of the molecule is COC1(C)CN(CC(C)=O)C1. The number of ether oxygens (including phenoxy) is 1. The molecule has 1 saturated heterocycles. The van der Waals surface area contributed by atoms with Gasteiger partial charge in [0.25, 0.3) is 0 Å². The molecule has 1 aliphatic heterocycles. The van der Waals surface area contributed by atoms with Crippen molar-refractivity contribution in [3.63, 3.8) is 0 Å². The Morgan fingerprint density at radius 2 is 2.18 bits per heavy atom. The van der Waals surface area contributed by atoms with Crippen LogP contribution in [0.25, 0.3) is 0 Å². The molecule has 1 aliphatic rings. The van der Waals surface area contributed by atoms with Crippen molar-refractivity contribution in [2.75, 3.05) is 26.7 Å². The molecule has 11 heavy (non-hydrogen) atoms. The van der Waals surface area contributed by atoms with Crippen LogP contribution in [0.5, 0.6) is 0 Å². The standard InChI is InChI=1S/C8H15NO2/c1-7(10)4-9-5-8(2,6-9)11-3/h4-6H2,1-3H3. The molecule has 0 amide bonds. The van der Waals surface area contributed by atoms with E-state index in [9.17, 15) is 4.79 Å². The highest BCUT2D eigenvalue weighted by molar-refractivity contribution is 5.77. The molecule has 1 fully saturated rings. The Labute approximate surface area is 67.3 Å². The largest absolute Gasteiger partial charge is 0.376 e. The van der Waals surface area contributed by atoms with E-state index in [0.717, 1.165) is 13.1 Å². The lowest BCUT2D eigenvalue weighted by molar-refractivity contribution is -0.132. The summed E-state index contributed by atoms with van der Waals surface area (Å²) in [6, 6.07) is 0. The second-order valence-corrected chi connectivity index (χ2v) is 3.50. The van der Waals surface area contributed by atoms with Gasteiger partial charge in [-0.3, -0.25) is 9.69 Å². The van der Waals surface area contributed by atoms with Gasteiger partial charge in [0.1, 0.15) is 5.78 Å². The maximum atomic E-state index is 10.7. The first kappa shape index (κ1) is 8.68. The van der Waals surface area contributed by atoms with Gasteiger partial charge in [-0.05, 0) is 13.8 Å². The minimum atomic E-state index is -0.00451. The summed E-state index contributed by atoms with van der Waals surface area (Å²) in [5.74, 6) is 0.225. The Bertz CT molecular complexity index is 161. The summed E-state index contributed by atoms with van der Waals surface area (Å²) in [7, 11) is 1.71. The molecule has 64 valence electrons. The van der Waals surface area contributed by atoms with Crippen LogP contribution in [0.1, 0.15) is 13.8 Å². The van der Waals surface area contributed by atoms with Crippen LogP contribution in [0, 0.1) is 0 Å². The molecule has 0 aromatic heterocycles. The van der Waals surface area contributed by atoms with Crippen molar-refractivity contribution in [1.82, 2.24) is 4.90 Å². The molecule has 0 spiro atoms. The van der Waals surface area contributed by atoms with Crippen molar-refractivity contribution < 1.29 is 9.53 Å². The maximum absolute atomic E-state index is 10.7. The third-order valence-electron chi connectivity index (χ3n) is 2.06. The highest BCUT2D eigenvalue weighted by atomic mass is 16.5. The van der Waals surface area contributed by atoms with Gasteiger partial charge in [0, 0.05) is 20.2 Å². The first-order chi connectivity index (χ1) is 5.06. The van der Waals surface area contributed by atoms with E-state index in [1.165, 1.54) is 0 Å². The lowest BCUT2D eigenvalue weighted by Crippen LogP contribution is -2.61. The summed E-state index contributed by atoms with van der Waals surface area (Å²) in [5, 5.41) is 0. The summed E-state index contributed by atoms with van der Waals surface area (Å²) in [5.41, 5.74) is -0.00451. The van der Waals surface area contributed by atoms with Gasteiger partial charge in [0.2, 0.25) is 0 Å². The fourth-order valence-corrected chi connectivity index (χ4v) is 1.46. The molecule has 1 heterocycles. The van der Waals surface area contributed by atoms with Gasteiger partial charge in [-0.1, -0.05) is 0 Å². The molecule has 0 aliphatic carbocycles. The minimum Gasteiger partial charge on any atom is -0.376 e. The van der Waals surface area contributed by atoms with Crippen LogP contribution in [0.3, 0.4) is 0 Å². The minimum absolute atomic E-state index is 0.00451. The Morgan fingerprint density at radius 3 is 2.55 bits per heavy atom. The molecule has 0 N–H and O–H groups in total. The number of carbonyl (C=O) groups is 1. The Balaban J connectivity index is 2.23. The predicted octanol–water partition coefficient (Wildman–Crippen LogP) is 0.296. The predicted molar refractivity (Wildman–Crippen MR) is 42.5 cm³/mol. The summed E-state index contributed by atoms with van der Waals surface area (Å²) in [4.78, 5) is 12.8. The van der Waals surface area contributed by atoms with Gasteiger partial charge in [-0.15, -0.1) is 0 Å². The zero-order valence-electron chi connectivity index (χ0n) is 7.39. The molecule has 0 bridgehead atoms. The van der Waals surface area contributed by atoms with Crippen molar-refractivity contribution >= 4 is 5.78 Å². The maximum Gasteiger partial charge on any atom is 0.143 e. The Kier molecular flexibility index (Phi) is 2.30. The van der Waals surface area contributed by atoms with Gasteiger partial charge in [-0.2, -0.15) is 0 Å². The average molecular weight is 157 g/mol. The third kappa shape index (κ3) is 2.01. The smallest absolute Gasteiger partial charge is 0.143 e. The molecule has 0 radical (unpaired) electrons. The highest BCUT2D eigenvalue weighted by Crippen LogP contribution is 2.22. The number of likely N-dealkylation sites (tertiary alicyclic amines) is 1. The fourth-order valence-electron chi connectivity index (χ4n) is 1.46. The summed E-state index contributed by atoms with van der Waals surface area (Å²) >= 11 is 0. The molecule has 3 nitrogen and oxygen atoms in total. The monoisotopic (exact) mass is 157 g/mol. The first-order valence-electron chi connectivity index (χ1n) is 3.83. The van der Waals surface area contributed by atoms with Gasteiger partial charge < -0.3 is 4.74 Å². The van der Waals surface area contributed by atoms with Gasteiger partial charge in [-0.25, -0.2) is 0 Å². The van der Waals surface area contributed by atoms with Gasteiger partial charge in [0.15, 0.2) is 0 Å². The van der Waals surface area contributed by atoms with Crippen LogP contribution >= 0.6 is 0 Å². The van der Waals surface area contributed by atoms with Crippen molar-refractivity contribution in [3.05, 3.63) is 0 Å². The number of rotatable bonds is 3. The zero-order valence-corrected chi connectivity index (χ0v) is 7.39. The lowest BCUT2D eigenvalue weighted by Gasteiger charge is -2.46. The van der Waals surface area contributed by atoms with E-state index in [0.29, 0.717) is 6.54 Å². The molecular formula is C8H15NO2. The van der Waals surface area contributed by atoms with E-state index >= 15 is 0 Å². The van der Waals surface area contributed by atoms with E-state index in [1.807, 2.05) is 0 Å². The topological polar surface area (TPSA) is 29.5 Å². The summed E-state index contributed by atoms with van der Waals surface area (Å²) < 4.78 is 5.23. The number of Topliss-reactive ketones (excluding diaryl/α,β-unsaturated/α-hetero) is 1. The van der Waals surface area contributed by atoms with E-state index in [1.54, 1.807) is 14.0 Å². The number of nitrogens with zero attached hydrogens (tertiary/aromatic N) is 1. The lowest BCUT2D eigenvalue weighted by atomic mass is 9.96. The zero-order chi connectivity index (χ0) is 8.48. The number of carbonyl (C=O) groups excluding carboxylic acids is 1. The molecule has 0 aromatic carbocycles. The van der Waals surface area contributed by atoms with Crippen molar-refractivity contribution in [2.45, 2.75) is 19.4 Å². The second kappa shape index (κ2) is 2.91. The first-order valence-corrected chi connectivity index (χ1v) is 3.83. The summed E-state index contributed by atoms with van der Waals surface area (Å²) in [6.45, 7) is 6.00. The van der Waals surface area contributed by atoms with Crippen LogP contribution in [-0.4, -0.2) is 43.0 Å². The van der Waals surface area contributed by atoms with Gasteiger partial charge in [0.05, 0.1) is 12.1 Å². The van der Waals surface area contributed by atoms with Crippen molar-refractivity contribution in [2.24, 2.45) is 0 Å². The van der Waals surface area contributed by atoms with Crippen LogP contribution in [0.15, 0.2) is 0 Å². The molecule has 0 unspecified atom stereocenters. The van der Waals surface area contributed by atoms with E-state index < -0.39 is 0 Å². The Morgan fingerprint density at radius 1 is 1.64 bits per heavy atom. The van der Waals surface area contributed by atoms with Gasteiger partial charge >= 0.3 is 0 Å². The quantitative estimate of drug-likeness (QED) is 0.590. The summed E-state index contributed by atoms with van der Waals surface area (Å²) in [6.07, 6.45) is 0. The molecule has 1 rings (SSSR count). The van der Waals surface area contributed by atoms with Crippen LogP contribution in [0.2, 0.25) is 0 Å². The fraction of sp³-hybridized carbons (Fsp3) is 0.875. The second-order valence-electron chi connectivity index (χ2n) is 3.50. The van der Waals surface area contributed by atoms with Crippen molar-refractivity contribution in [3.8, 4) is 0 Å². The number of hydrogen-bond donors (Lipinski definition) is 0. The van der Waals surface area contributed by atoms with E-state index in [2.05, 4.69) is 11.8 Å². The molecule has 3 heteroatoms. The molecule has 0 saturated carbocycles. The van der Waals surface area contributed by atoms with Crippen LogP contribution < -0.4 is 0 Å². The molecular weight excluding hydrogens is 142 g/mol. The van der Waals surface area contributed by atoms with E-state index in [-0.39, 0.29) is 11.4 Å². The van der Waals surface area contributed by atoms with Crippen LogP contribution in [0.4, 0.5) is 0 Å². The third-order valence-corrected chi connectivity index (χ3v) is 2.06. The Hall–Kier alpha value is -0.410. The normalized spacial score (nSPS) is 22.8. The number of methoxy groups -OCH3 is 1. The van der Waals surface area contributed by atoms with Crippen LogP contribution in [-0.2, 0) is 9.53 Å². The highest BCUT2D eigenvalue weighted by Gasteiger charge is 2.38. The van der Waals surface area contributed by atoms with Crippen molar-refractivity contribution in [1.29, 1.82) is 0 Å². The average Bonchev–Trinajstić information content (AvgIpc) is 1.83. The number of ketones is 1. The number of hydrogen-bond acceptors (Lipinski definition) is 3. The molecule has 0 aromatic rings. The van der Waals surface area contributed by atoms with E-state index in [4.69, 9.17) is 4.74 Å².